The van der Waals surface area contributed by atoms with Gasteiger partial charge in [0.25, 0.3) is 0 Å². The summed E-state index contributed by atoms with van der Waals surface area (Å²) in [6, 6.07) is 15.6. The molecule has 3 aromatic rings. The average molecular weight is 349 g/mol. The third-order valence-electron chi connectivity index (χ3n) is 4.39. The molecule has 1 unspecified atom stereocenters. The van der Waals surface area contributed by atoms with Gasteiger partial charge in [0.15, 0.2) is 0 Å². The summed E-state index contributed by atoms with van der Waals surface area (Å²) in [6.07, 6.45) is 2.17. The normalized spacial score (nSPS) is 15.8. The van der Waals surface area contributed by atoms with Crippen molar-refractivity contribution in [2.24, 2.45) is 5.92 Å². The zero-order valence-electron chi connectivity index (χ0n) is 14.2. The highest BCUT2D eigenvalue weighted by Crippen LogP contribution is 2.27. The van der Waals surface area contributed by atoms with Gasteiger partial charge in [-0.05, 0) is 30.2 Å². The summed E-state index contributed by atoms with van der Waals surface area (Å²) in [5, 5.41) is 4.15. The molecule has 0 spiro atoms. The highest BCUT2D eigenvalue weighted by molar-refractivity contribution is 5.88. The van der Waals surface area contributed by atoms with Crippen molar-refractivity contribution in [2.75, 3.05) is 25.1 Å². The van der Waals surface area contributed by atoms with Crippen LogP contribution in [0, 0.1) is 5.92 Å². The van der Waals surface area contributed by atoms with Crippen LogP contribution in [0.3, 0.4) is 0 Å². The number of ether oxygens (including phenoxy) is 2. The van der Waals surface area contributed by atoms with Gasteiger partial charge >= 0.3 is 5.97 Å². The molecule has 0 aliphatic carbocycles. The summed E-state index contributed by atoms with van der Waals surface area (Å²) >= 11 is 0. The van der Waals surface area contributed by atoms with Crippen molar-refractivity contribution in [3.05, 3.63) is 60.4 Å². The number of hydrogen-bond acceptors (Lipinski definition) is 6. The predicted octanol–water partition coefficient (Wildman–Crippen LogP) is 2.84. The van der Waals surface area contributed by atoms with E-state index >= 15 is 0 Å². The van der Waals surface area contributed by atoms with Crippen molar-refractivity contribution in [3.63, 3.8) is 0 Å². The lowest BCUT2D eigenvalue weighted by molar-refractivity contribution is -0.149. The van der Waals surface area contributed by atoms with Gasteiger partial charge in [0.2, 0.25) is 0 Å². The molecule has 0 saturated carbocycles. The molecule has 26 heavy (non-hydrogen) atoms. The average Bonchev–Trinajstić information content (AvgIpc) is 2.70. The van der Waals surface area contributed by atoms with Crippen LogP contribution in [0.2, 0.25) is 0 Å². The van der Waals surface area contributed by atoms with E-state index in [2.05, 4.69) is 15.3 Å². The molecule has 1 aliphatic rings. The van der Waals surface area contributed by atoms with Gasteiger partial charge in [-0.2, -0.15) is 0 Å². The summed E-state index contributed by atoms with van der Waals surface area (Å²) in [7, 11) is 0. The van der Waals surface area contributed by atoms with Crippen LogP contribution in [0.5, 0.6) is 5.75 Å². The van der Waals surface area contributed by atoms with Crippen LogP contribution >= 0.6 is 0 Å². The van der Waals surface area contributed by atoms with Crippen molar-refractivity contribution in [3.8, 4) is 5.75 Å². The molecule has 0 amide bonds. The number of fused-ring (bicyclic) bond motifs is 2. The number of para-hydroxylation sites is 2. The Morgan fingerprint density at radius 3 is 2.96 bits per heavy atom. The molecule has 2 heterocycles. The van der Waals surface area contributed by atoms with Crippen LogP contribution < -0.4 is 10.1 Å². The monoisotopic (exact) mass is 349 g/mol. The fourth-order valence-electron chi connectivity index (χ4n) is 3.06. The minimum absolute atomic E-state index is 0.228. The molecular formula is C20H19N3O3. The molecule has 0 bridgehead atoms. The smallest absolute Gasteiger partial charge is 0.312 e. The fourth-order valence-corrected chi connectivity index (χ4v) is 3.06. The summed E-state index contributed by atoms with van der Waals surface area (Å²) in [5.74, 6) is 1.11. The van der Waals surface area contributed by atoms with E-state index in [9.17, 15) is 4.79 Å². The Hall–Kier alpha value is -3.15. The van der Waals surface area contributed by atoms with E-state index in [4.69, 9.17) is 9.47 Å². The number of rotatable bonds is 5. The minimum atomic E-state index is -0.259. The van der Waals surface area contributed by atoms with Crippen molar-refractivity contribution >= 4 is 22.7 Å². The zero-order valence-corrected chi connectivity index (χ0v) is 14.2. The molecule has 132 valence electrons. The molecule has 6 nitrogen and oxygen atoms in total. The number of anilines is 1. The van der Waals surface area contributed by atoms with Crippen molar-refractivity contribution in [1.29, 1.82) is 0 Å². The Kier molecular flexibility index (Phi) is 4.64. The van der Waals surface area contributed by atoms with E-state index in [1.165, 1.54) is 6.33 Å². The van der Waals surface area contributed by atoms with Gasteiger partial charge in [0, 0.05) is 5.39 Å². The van der Waals surface area contributed by atoms with Crippen LogP contribution in [0.4, 0.5) is 5.82 Å². The molecule has 0 fully saturated rings. The Morgan fingerprint density at radius 1 is 1.15 bits per heavy atom. The number of benzene rings is 2. The van der Waals surface area contributed by atoms with Crippen LogP contribution in [-0.4, -0.2) is 35.7 Å². The minimum Gasteiger partial charge on any atom is -0.492 e. The first-order chi connectivity index (χ1) is 12.8. The Balaban J connectivity index is 1.29. The number of nitrogens with zero attached hydrogens (tertiary/aromatic N) is 2. The maximum absolute atomic E-state index is 12.3. The third-order valence-corrected chi connectivity index (χ3v) is 4.39. The topological polar surface area (TPSA) is 73.3 Å². The van der Waals surface area contributed by atoms with E-state index in [1.807, 2.05) is 48.5 Å². The van der Waals surface area contributed by atoms with E-state index in [1.54, 1.807) is 0 Å². The number of carbonyl (C=O) groups excluding carboxylic acids is 1. The van der Waals surface area contributed by atoms with Crippen molar-refractivity contribution < 1.29 is 14.3 Å². The van der Waals surface area contributed by atoms with Crippen LogP contribution in [0.15, 0.2) is 54.9 Å². The second-order valence-corrected chi connectivity index (χ2v) is 6.15. The summed E-state index contributed by atoms with van der Waals surface area (Å²) in [4.78, 5) is 20.8. The van der Waals surface area contributed by atoms with Gasteiger partial charge in [-0.1, -0.05) is 30.3 Å². The van der Waals surface area contributed by atoms with Gasteiger partial charge < -0.3 is 14.8 Å². The quantitative estimate of drug-likeness (QED) is 0.564. The first-order valence-electron chi connectivity index (χ1n) is 8.62. The van der Waals surface area contributed by atoms with Crippen molar-refractivity contribution in [1.82, 2.24) is 9.97 Å². The highest BCUT2D eigenvalue weighted by Gasteiger charge is 2.26. The molecule has 1 aromatic heterocycles. The molecule has 0 radical (unpaired) electrons. The largest absolute Gasteiger partial charge is 0.492 e. The lowest BCUT2D eigenvalue weighted by atomic mass is 9.97. The Labute approximate surface area is 151 Å². The number of hydrogen-bond donors (Lipinski definition) is 1. The second-order valence-electron chi connectivity index (χ2n) is 6.15. The van der Waals surface area contributed by atoms with Crippen LogP contribution in [-0.2, 0) is 16.0 Å². The predicted molar refractivity (Wildman–Crippen MR) is 98.1 cm³/mol. The molecule has 2 aromatic carbocycles. The van der Waals surface area contributed by atoms with Crippen LogP contribution in [0.25, 0.3) is 10.9 Å². The van der Waals surface area contributed by atoms with E-state index in [0.717, 1.165) is 28.0 Å². The van der Waals surface area contributed by atoms with E-state index in [0.29, 0.717) is 19.6 Å². The SMILES string of the molecule is O=C(OCCNc1ncnc2ccccc12)C1COc2ccccc2C1. The lowest BCUT2D eigenvalue weighted by Gasteiger charge is -2.23. The van der Waals surface area contributed by atoms with Crippen LogP contribution in [0.1, 0.15) is 5.56 Å². The summed E-state index contributed by atoms with van der Waals surface area (Å²) < 4.78 is 11.1. The van der Waals surface area contributed by atoms with E-state index < -0.39 is 0 Å². The summed E-state index contributed by atoms with van der Waals surface area (Å²) in [6.45, 7) is 1.12. The Bertz CT molecular complexity index is 924. The Morgan fingerprint density at radius 2 is 2.00 bits per heavy atom. The number of esters is 1. The second kappa shape index (κ2) is 7.39. The van der Waals surface area contributed by atoms with Gasteiger partial charge in [0.1, 0.15) is 31.1 Å². The molecule has 1 aliphatic heterocycles. The van der Waals surface area contributed by atoms with Gasteiger partial charge in [-0.25, -0.2) is 9.97 Å². The summed E-state index contributed by atoms with van der Waals surface area (Å²) in [5.41, 5.74) is 1.92. The van der Waals surface area contributed by atoms with Gasteiger partial charge in [0.05, 0.1) is 18.0 Å². The molecular weight excluding hydrogens is 330 g/mol. The number of carbonyl (C=O) groups is 1. The molecule has 1 N–H and O–H groups in total. The zero-order chi connectivity index (χ0) is 17.8. The van der Waals surface area contributed by atoms with Gasteiger partial charge in [-0.15, -0.1) is 0 Å². The first kappa shape index (κ1) is 16.3. The maximum atomic E-state index is 12.3. The lowest BCUT2D eigenvalue weighted by Crippen LogP contribution is -2.30. The standard InChI is InChI=1S/C20H19N3O3/c24-20(15-11-14-5-1-4-8-18(14)26-12-15)25-10-9-21-19-16-6-2-3-7-17(16)22-13-23-19/h1-8,13,15H,9-12H2,(H,21,22,23). The number of aromatic nitrogens is 2. The molecule has 1 atom stereocenters. The molecule has 0 saturated heterocycles. The van der Waals surface area contributed by atoms with Gasteiger partial charge in [-0.3, -0.25) is 4.79 Å². The fraction of sp³-hybridized carbons (Fsp3) is 0.250. The third kappa shape index (κ3) is 3.44. The highest BCUT2D eigenvalue weighted by atomic mass is 16.5. The maximum Gasteiger partial charge on any atom is 0.312 e. The molecule has 6 heteroatoms. The van der Waals surface area contributed by atoms with Crippen molar-refractivity contribution in [2.45, 2.75) is 6.42 Å². The van der Waals surface area contributed by atoms with E-state index in [-0.39, 0.29) is 18.5 Å². The molecule has 4 rings (SSSR count). The first-order valence-corrected chi connectivity index (χ1v) is 8.62. The number of nitrogens with one attached hydrogen (secondary N) is 1.